The Morgan fingerprint density at radius 1 is 1.53 bits per heavy atom. The van der Waals surface area contributed by atoms with Gasteiger partial charge in [0.25, 0.3) is 5.91 Å². The van der Waals surface area contributed by atoms with Crippen LogP contribution in [0, 0.1) is 0 Å². The molecule has 0 atom stereocenters. The summed E-state index contributed by atoms with van der Waals surface area (Å²) in [5.41, 5.74) is 1.55. The molecular formula is C11H10ClNO2. The van der Waals surface area contributed by atoms with Crippen LogP contribution in [0.3, 0.4) is 0 Å². The number of fused-ring (bicyclic) bond motifs is 1. The fourth-order valence-corrected chi connectivity index (χ4v) is 1.90. The van der Waals surface area contributed by atoms with Gasteiger partial charge in [0.2, 0.25) is 0 Å². The summed E-state index contributed by atoms with van der Waals surface area (Å²) in [6, 6.07) is 5.24. The molecule has 0 radical (unpaired) electrons. The number of ketones is 1. The Hall–Kier alpha value is -1.35. The minimum absolute atomic E-state index is 0.0118. The number of hydrogen-bond donors (Lipinski definition) is 0. The number of halogens is 1. The van der Waals surface area contributed by atoms with Crippen LogP contribution in [0.5, 0.6) is 0 Å². The molecule has 1 aromatic carbocycles. The van der Waals surface area contributed by atoms with Gasteiger partial charge >= 0.3 is 0 Å². The van der Waals surface area contributed by atoms with Gasteiger partial charge in [-0.05, 0) is 24.6 Å². The van der Waals surface area contributed by atoms with Gasteiger partial charge in [-0.1, -0.05) is 17.7 Å². The average Bonchev–Trinajstić information content (AvgIpc) is 2.44. The number of carbonyl (C=O) groups excluding carboxylic acids is 2. The Balaban J connectivity index is 2.29. The maximum absolute atomic E-state index is 11.8. The van der Waals surface area contributed by atoms with Gasteiger partial charge in [-0.15, -0.1) is 0 Å². The van der Waals surface area contributed by atoms with Crippen LogP contribution in [0.25, 0.3) is 0 Å². The zero-order chi connectivity index (χ0) is 11.0. The monoisotopic (exact) mass is 223 g/mol. The molecule has 0 aliphatic carbocycles. The zero-order valence-electron chi connectivity index (χ0n) is 8.29. The molecule has 0 bridgehead atoms. The normalized spacial score (nSPS) is 14.3. The Morgan fingerprint density at radius 3 is 2.93 bits per heavy atom. The summed E-state index contributed by atoms with van der Waals surface area (Å²) in [7, 11) is 0. The molecule has 0 N–H and O–H groups in total. The van der Waals surface area contributed by atoms with E-state index < -0.39 is 0 Å². The van der Waals surface area contributed by atoms with Crippen LogP contribution in [0.4, 0.5) is 0 Å². The summed E-state index contributed by atoms with van der Waals surface area (Å²) in [6.07, 6.45) is 0. The van der Waals surface area contributed by atoms with Crippen LogP contribution in [-0.2, 0) is 11.3 Å². The first-order valence-electron chi connectivity index (χ1n) is 4.65. The van der Waals surface area contributed by atoms with E-state index in [0.29, 0.717) is 17.1 Å². The Morgan fingerprint density at radius 2 is 2.27 bits per heavy atom. The number of Topliss-reactive ketones (excluding diaryl/α,β-unsaturated/α-hetero) is 1. The fourth-order valence-electron chi connectivity index (χ4n) is 1.73. The molecule has 78 valence electrons. The molecule has 2 rings (SSSR count). The number of nitrogens with zero attached hydrogens (tertiary/aromatic N) is 1. The Kier molecular flexibility index (Phi) is 2.49. The quantitative estimate of drug-likeness (QED) is 0.768. The van der Waals surface area contributed by atoms with Gasteiger partial charge in [0.15, 0.2) is 0 Å². The standard InChI is InChI=1S/C11H10ClNO2/c1-7(14)5-13-6-8-2-3-9(12)4-10(8)11(13)15/h2-4H,5-6H2,1H3. The molecule has 0 aromatic heterocycles. The van der Waals surface area contributed by atoms with Crippen molar-refractivity contribution in [3.63, 3.8) is 0 Å². The molecule has 0 fully saturated rings. The predicted octanol–water partition coefficient (Wildman–Crippen LogP) is 1.88. The van der Waals surface area contributed by atoms with Gasteiger partial charge in [-0.3, -0.25) is 9.59 Å². The van der Waals surface area contributed by atoms with Crippen LogP contribution in [0.15, 0.2) is 18.2 Å². The third kappa shape index (κ3) is 1.88. The molecule has 0 saturated carbocycles. The van der Waals surface area contributed by atoms with Crippen molar-refractivity contribution in [2.45, 2.75) is 13.5 Å². The van der Waals surface area contributed by atoms with Crippen molar-refractivity contribution in [3.8, 4) is 0 Å². The zero-order valence-corrected chi connectivity index (χ0v) is 9.04. The molecule has 1 amide bonds. The van der Waals surface area contributed by atoms with Crippen molar-refractivity contribution >= 4 is 23.3 Å². The SMILES string of the molecule is CC(=O)CN1Cc2ccc(Cl)cc2C1=O. The van der Waals surface area contributed by atoms with Crippen LogP contribution < -0.4 is 0 Å². The van der Waals surface area contributed by atoms with Gasteiger partial charge in [-0.25, -0.2) is 0 Å². The van der Waals surface area contributed by atoms with Crippen LogP contribution >= 0.6 is 11.6 Å². The lowest BCUT2D eigenvalue weighted by atomic mass is 10.1. The molecule has 1 heterocycles. The number of benzene rings is 1. The van der Waals surface area contributed by atoms with Crippen molar-refractivity contribution in [1.29, 1.82) is 0 Å². The summed E-state index contributed by atoms with van der Waals surface area (Å²) in [4.78, 5) is 24.3. The number of carbonyl (C=O) groups is 2. The largest absolute Gasteiger partial charge is 0.327 e. The van der Waals surface area contributed by atoms with E-state index in [9.17, 15) is 9.59 Å². The van der Waals surface area contributed by atoms with Crippen molar-refractivity contribution < 1.29 is 9.59 Å². The second kappa shape index (κ2) is 3.66. The molecule has 0 saturated heterocycles. The summed E-state index contributed by atoms with van der Waals surface area (Å²) in [5.74, 6) is -0.120. The molecule has 1 aliphatic rings. The molecule has 3 nitrogen and oxygen atoms in total. The molecule has 1 aromatic rings. The maximum Gasteiger partial charge on any atom is 0.254 e. The second-order valence-corrected chi connectivity index (χ2v) is 4.10. The molecular weight excluding hydrogens is 214 g/mol. The van der Waals surface area contributed by atoms with E-state index in [2.05, 4.69) is 0 Å². The van der Waals surface area contributed by atoms with Crippen molar-refractivity contribution in [2.75, 3.05) is 6.54 Å². The third-order valence-electron chi connectivity index (χ3n) is 2.36. The van der Waals surface area contributed by atoms with E-state index in [0.717, 1.165) is 5.56 Å². The summed E-state index contributed by atoms with van der Waals surface area (Å²) < 4.78 is 0. The molecule has 0 unspecified atom stereocenters. The maximum atomic E-state index is 11.8. The highest BCUT2D eigenvalue weighted by molar-refractivity contribution is 6.31. The van der Waals surface area contributed by atoms with Crippen molar-refractivity contribution in [3.05, 3.63) is 34.3 Å². The summed E-state index contributed by atoms with van der Waals surface area (Å²) in [6.45, 7) is 2.15. The van der Waals surface area contributed by atoms with E-state index in [1.807, 2.05) is 6.07 Å². The minimum atomic E-state index is -0.109. The number of rotatable bonds is 2. The Labute approximate surface area is 92.6 Å². The topological polar surface area (TPSA) is 37.4 Å². The third-order valence-corrected chi connectivity index (χ3v) is 2.60. The lowest BCUT2D eigenvalue weighted by Gasteiger charge is -2.12. The first kappa shape index (κ1) is 10.2. The van der Waals surface area contributed by atoms with Gasteiger partial charge < -0.3 is 4.90 Å². The highest BCUT2D eigenvalue weighted by Crippen LogP contribution is 2.25. The van der Waals surface area contributed by atoms with E-state index in [1.54, 1.807) is 12.1 Å². The molecule has 1 aliphatic heterocycles. The lowest BCUT2D eigenvalue weighted by Crippen LogP contribution is -2.28. The van der Waals surface area contributed by atoms with Crippen molar-refractivity contribution in [1.82, 2.24) is 4.90 Å². The lowest BCUT2D eigenvalue weighted by molar-refractivity contribution is -0.117. The van der Waals surface area contributed by atoms with Gasteiger partial charge in [0, 0.05) is 17.1 Å². The smallest absolute Gasteiger partial charge is 0.254 e. The van der Waals surface area contributed by atoms with Crippen LogP contribution in [0.2, 0.25) is 5.02 Å². The summed E-state index contributed by atoms with van der Waals surface area (Å²) in [5, 5.41) is 0.548. The second-order valence-electron chi connectivity index (χ2n) is 3.66. The van der Waals surface area contributed by atoms with E-state index in [1.165, 1.54) is 11.8 Å². The average molecular weight is 224 g/mol. The Bertz CT molecular complexity index is 442. The molecule has 4 heteroatoms. The van der Waals surface area contributed by atoms with Gasteiger partial charge in [0.05, 0.1) is 6.54 Å². The van der Waals surface area contributed by atoms with Gasteiger partial charge in [-0.2, -0.15) is 0 Å². The fraction of sp³-hybridized carbons (Fsp3) is 0.273. The van der Waals surface area contributed by atoms with Crippen LogP contribution in [-0.4, -0.2) is 23.1 Å². The van der Waals surface area contributed by atoms with E-state index >= 15 is 0 Å². The molecule has 15 heavy (non-hydrogen) atoms. The minimum Gasteiger partial charge on any atom is -0.327 e. The van der Waals surface area contributed by atoms with Crippen LogP contribution in [0.1, 0.15) is 22.8 Å². The predicted molar refractivity (Wildman–Crippen MR) is 56.9 cm³/mol. The summed E-state index contributed by atoms with van der Waals surface area (Å²) >= 11 is 5.80. The van der Waals surface area contributed by atoms with E-state index in [4.69, 9.17) is 11.6 Å². The highest BCUT2D eigenvalue weighted by atomic mass is 35.5. The van der Waals surface area contributed by atoms with E-state index in [-0.39, 0.29) is 18.2 Å². The number of amides is 1. The van der Waals surface area contributed by atoms with Crippen molar-refractivity contribution in [2.24, 2.45) is 0 Å². The first-order chi connectivity index (χ1) is 7.08. The highest BCUT2D eigenvalue weighted by Gasteiger charge is 2.27. The van der Waals surface area contributed by atoms with Gasteiger partial charge in [0.1, 0.15) is 5.78 Å². The number of hydrogen-bond acceptors (Lipinski definition) is 2. The first-order valence-corrected chi connectivity index (χ1v) is 5.03. The molecule has 0 spiro atoms.